The Morgan fingerprint density at radius 2 is 2.04 bits per heavy atom. The number of fused-ring (bicyclic) bond motifs is 1. The van der Waals surface area contributed by atoms with Crippen LogP contribution in [0.15, 0.2) is 70.7 Å². The van der Waals surface area contributed by atoms with E-state index in [-0.39, 0.29) is 11.7 Å². The lowest BCUT2D eigenvalue weighted by Gasteiger charge is -2.06. The van der Waals surface area contributed by atoms with Gasteiger partial charge in [0.25, 0.3) is 5.91 Å². The van der Waals surface area contributed by atoms with Gasteiger partial charge >= 0.3 is 0 Å². The molecule has 4 heterocycles. The van der Waals surface area contributed by atoms with Gasteiger partial charge in [0.1, 0.15) is 0 Å². The van der Waals surface area contributed by atoms with Crippen molar-refractivity contribution in [1.29, 1.82) is 0 Å². The van der Waals surface area contributed by atoms with Crippen molar-refractivity contribution in [2.45, 2.75) is 0 Å². The molecule has 1 amide bonds. The minimum absolute atomic E-state index is 0.148. The van der Waals surface area contributed by atoms with E-state index in [0.717, 1.165) is 16.1 Å². The molecule has 0 radical (unpaired) electrons. The van der Waals surface area contributed by atoms with E-state index in [4.69, 9.17) is 4.52 Å². The predicted molar refractivity (Wildman–Crippen MR) is 104 cm³/mol. The molecule has 0 unspecified atom stereocenters. The lowest BCUT2D eigenvalue weighted by Crippen LogP contribution is -2.10. The molecule has 0 aliphatic heterocycles. The van der Waals surface area contributed by atoms with Crippen LogP contribution in [-0.2, 0) is 0 Å². The van der Waals surface area contributed by atoms with Crippen molar-refractivity contribution in [3.05, 3.63) is 71.9 Å². The number of carbonyl (C=O) groups is 1. The SMILES string of the molecule is O=C(Nc1cccc(-c2ccc3nnc(-c4cccs4)n3n2)c1)c1ccno1. The largest absolute Gasteiger partial charge is 0.351 e. The molecule has 5 aromatic rings. The van der Waals surface area contributed by atoms with Crippen molar-refractivity contribution >= 4 is 28.6 Å². The highest BCUT2D eigenvalue weighted by atomic mass is 32.1. The van der Waals surface area contributed by atoms with Gasteiger partial charge in [-0.1, -0.05) is 23.4 Å². The van der Waals surface area contributed by atoms with E-state index in [0.29, 0.717) is 17.2 Å². The molecule has 0 spiro atoms. The van der Waals surface area contributed by atoms with E-state index in [1.807, 2.05) is 47.8 Å². The van der Waals surface area contributed by atoms with Crippen molar-refractivity contribution in [1.82, 2.24) is 25.0 Å². The first-order valence-corrected chi connectivity index (χ1v) is 9.25. The normalized spacial score (nSPS) is 11.0. The Labute approximate surface area is 162 Å². The first kappa shape index (κ1) is 16.3. The molecule has 136 valence electrons. The van der Waals surface area contributed by atoms with Crippen LogP contribution in [0, 0.1) is 0 Å². The lowest BCUT2D eigenvalue weighted by atomic mass is 10.1. The van der Waals surface area contributed by atoms with Crippen LogP contribution in [0.1, 0.15) is 10.6 Å². The summed E-state index contributed by atoms with van der Waals surface area (Å²) in [4.78, 5) is 13.2. The maximum atomic E-state index is 12.2. The summed E-state index contributed by atoms with van der Waals surface area (Å²) < 4.78 is 6.60. The number of amides is 1. The number of anilines is 1. The van der Waals surface area contributed by atoms with Crippen molar-refractivity contribution in [2.24, 2.45) is 0 Å². The summed E-state index contributed by atoms with van der Waals surface area (Å²) in [5.41, 5.74) is 2.88. The highest BCUT2D eigenvalue weighted by Gasteiger charge is 2.13. The molecule has 5 rings (SSSR count). The number of nitrogens with zero attached hydrogens (tertiary/aromatic N) is 5. The van der Waals surface area contributed by atoms with E-state index >= 15 is 0 Å². The molecule has 0 saturated carbocycles. The minimum Gasteiger partial charge on any atom is -0.351 e. The number of carbonyl (C=O) groups excluding carboxylic acids is 1. The van der Waals surface area contributed by atoms with Crippen LogP contribution in [0.2, 0.25) is 0 Å². The third-order valence-electron chi connectivity index (χ3n) is 4.08. The van der Waals surface area contributed by atoms with Crippen molar-refractivity contribution in [2.75, 3.05) is 5.32 Å². The molecule has 4 aromatic heterocycles. The van der Waals surface area contributed by atoms with Crippen molar-refractivity contribution in [3.63, 3.8) is 0 Å². The summed E-state index contributed by atoms with van der Waals surface area (Å²) in [6.45, 7) is 0. The molecular weight excluding hydrogens is 376 g/mol. The summed E-state index contributed by atoms with van der Waals surface area (Å²) in [5, 5.41) is 21.4. The number of hydrogen-bond donors (Lipinski definition) is 1. The van der Waals surface area contributed by atoms with Gasteiger partial charge in [0.2, 0.25) is 5.76 Å². The Kier molecular flexibility index (Phi) is 3.91. The number of hydrogen-bond acceptors (Lipinski definition) is 7. The molecule has 9 heteroatoms. The molecule has 0 aliphatic carbocycles. The van der Waals surface area contributed by atoms with Gasteiger partial charge < -0.3 is 9.84 Å². The average Bonchev–Trinajstić information content (AvgIpc) is 3.48. The molecule has 0 bridgehead atoms. The molecule has 0 aliphatic rings. The quantitative estimate of drug-likeness (QED) is 0.503. The zero-order valence-corrected chi connectivity index (χ0v) is 15.1. The molecule has 28 heavy (non-hydrogen) atoms. The number of thiophene rings is 1. The Morgan fingerprint density at radius 1 is 1.07 bits per heavy atom. The van der Waals surface area contributed by atoms with Crippen LogP contribution >= 0.6 is 11.3 Å². The second-order valence-electron chi connectivity index (χ2n) is 5.90. The molecule has 0 atom stereocenters. The molecule has 1 aromatic carbocycles. The van der Waals surface area contributed by atoms with Crippen LogP contribution in [0.25, 0.3) is 27.6 Å². The van der Waals surface area contributed by atoms with Crippen molar-refractivity contribution < 1.29 is 9.32 Å². The van der Waals surface area contributed by atoms with Crippen LogP contribution in [0.5, 0.6) is 0 Å². The van der Waals surface area contributed by atoms with Crippen LogP contribution < -0.4 is 5.32 Å². The van der Waals surface area contributed by atoms with E-state index in [1.165, 1.54) is 12.3 Å². The molecule has 0 saturated heterocycles. The van der Waals surface area contributed by atoms with Gasteiger partial charge in [0.15, 0.2) is 11.5 Å². The van der Waals surface area contributed by atoms with Gasteiger partial charge in [0, 0.05) is 17.3 Å². The maximum absolute atomic E-state index is 12.2. The molecule has 0 fully saturated rings. The number of benzene rings is 1. The van der Waals surface area contributed by atoms with Crippen LogP contribution in [0.3, 0.4) is 0 Å². The summed E-state index contributed by atoms with van der Waals surface area (Å²) in [6, 6.07) is 16.6. The average molecular weight is 388 g/mol. The smallest absolute Gasteiger partial charge is 0.294 e. The zero-order chi connectivity index (χ0) is 18.9. The fourth-order valence-corrected chi connectivity index (χ4v) is 3.48. The second kappa shape index (κ2) is 6.71. The third kappa shape index (κ3) is 2.93. The maximum Gasteiger partial charge on any atom is 0.294 e. The van der Waals surface area contributed by atoms with Gasteiger partial charge in [-0.15, -0.1) is 21.5 Å². The Hall–Kier alpha value is -3.85. The van der Waals surface area contributed by atoms with Crippen LogP contribution in [0.4, 0.5) is 5.69 Å². The zero-order valence-electron chi connectivity index (χ0n) is 14.3. The topological polar surface area (TPSA) is 98.2 Å². The Morgan fingerprint density at radius 3 is 2.86 bits per heavy atom. The highest BCUT2D eigenvalue weighted by Crippen LogP contribution is 2.25. The highest BCUT2D eigenvalue weighted by molar-refractivity contribution is 7.13. The van der Waals surface area contributed by atoms with E-state index in [9.17, 15) is 4.79 Å². The predicted octanol–water partition coefficient (Wildman–Crippen LogP) is 3.76. The summed E-state index contributed by atoms with van der Waals surface area (Å²) in [6.07, 6.45) is 1.43. The number of aromatic nitrogens is 5. The van der Waals surface area contributed by atoms with E-state index < -0.39 is 0 Å². The van der Waals surface area contributed by atoms with E-state index in [2.05, 4.69) is 25.8 Å². The summed E-state index contributed by atoms with van der Waals surface area (Å²) >= 11 is 1.58. The minimum atomic E-state index is -0.364. The third-order valence-corrected chi connectivity index (χ3v) is 4.95. The monoisotopic (exact) mass is 388 g/mol. The molecular formula is C19H12N6O2S. The first-order chi connectivity index (χ1) is 13.8. The fraction of sp³-hybridized carbons (Fsp3) is 0. The van der Waals surface area contributed by atoms with Gasteiger partial charge in [0.05, 0.1) is 16.8 Å². The summed E-state index contributed by atoms with van der Waals surface area (Å²) in [5.74, 6) is 0.480. The fourth-order valence-electron chi connectivity index (χ4n) is 2.78. The van der Waals surface area contributed by atoms with Gasteiger partial charge in [-0.3, -0.25) is 4.79 Å². The Bertz CT molecular complexity index is 1260. The van der Waals surface area contributed by atoms with Gasteiger partial charge in [-0.05, 0) is 35.7 Å². The second-order valence-corrected chi connectivity index (χ2v) is 6.85. The number of rotatable bonds is 4. The van der Waals surface area contributed by atoms with Gasteiger partial charge in [-0.2, -0.15) is 9.61 Å². The van der Waals surface area contributed by atoms with Crippen molar-refractivity contribution in [3.8, 4) is 22.0 Å². The molecule has 1 N–H and O–H groups in total. The van der Waals surface area contributed by atoms with E-state index in [1.54, 1.807) is 21.9 Å². The first-order valence-electron chi connectivity index (χ1n) is 8.37. The Balaban J connectivity index is 1.50. The van der Waals surface area contributed by atoms with Crippen LogP contribution in [-0.4, -0.2) is 30.9 Å². The molecule has 8 nitrogen and oxygen atoms in total. The van der Waals surface area contributed by atoms with Gasteiger partial charge in [-0.25, -0.2) is 0 Å². The number of nitrogens with one attached hydrogen (secondary N) is 1. The lowest BCUT2D eigenvalue weighted by molar-refractivity contribution is 0.0988. The summed E-state index contributed by atoms with van der Waals surface area (Å²) in [7, 11) is 0. The standard InChI is InChI=1S/C19H12N6O2S/c26-19(15-8-9-20-27-15)21-13-4-1-3-12(11-13)14-6-7-17-22-23-18(25(17)24-14)16-5-2-10-28-16/h1-11H,(H,21,26).